The largest absolute Gasteiger partial charge is 0.307 e. The first-order valence-corrected chi connectivity index (χ1v) is 8.12. The molecule has 0 fully saturated rings. The van der Waals surface area contributed by atoms with E-state index in [2.05, 4.69) is 49.9 Å². The van der Waals surface area contributed by atoms with E-state index in [-0.39, 0.29) is 5.54 Å². The minimum atomic E-state index is 0.101. The van der Waals surface area contributed by atoms with Gasteiger partial charge in [-0.2, -0.15) is 0 Å². The summed E-state index contributed by atoms with van der Waals surface area (Å²) < 4.78 is 0. The highest BCUT2D eigenvalue weighted by Crippen LogP contribution is 2.31. The number of nitrogens with zero attached hydrogens (tertiary/aromatic N) is 3. The highest BCUT2D eigenvalue weighted by atomic mass is 32.1. The van der Waals surface area contributed by atoms with Crippen molar-refractivity contribution in [3.8, 4) is 10.7 Å². The van der Waals surface area contributed by atoms with E-state index in [9.17, 15) is 0 Å². The Morgan fingerprint density at radius 3 is 2.52 bits per heavy atom. The fourth-order valence-electron chi connectivity index (χ4n) is 1.97. The van der Waals surface area contributed by atoms with E-state index in [1.165, 1.54) is 10.6 Å². The zero-order valence-corrected chi connectivity index (χ0v) is 14.5. The summed E-state index contributed by atoms with van der Waals surface area (Å²) in [6, 6.07) is 1.93. The van der Waals surface area contributed by atoms with Crippen LogP contribution in [0.2, 0.25) is 0 Å². The quantitative estimate of drug-likeness (QED) is 0.930. The number of thiazole rings is 1. The van der Waals surface area contributed by atoms with Crippen LogP contribution in [0.15, 0.2) is 12.3 Å². The van der Waals surface area contributed by atoms with E-state index < -0.39 is 0 Å². The van der Waals surface area contributed by atoms with E-state index in [4.69, 9.17) is 4.98 Å². The molecule has 0 aliphatic carbocycles. The minimum Gasteiger partial charge on any atom is -0.307 e. The molecule has 114 valence electrons. The first-order valence-electron chi connectivity index (χ1n) is 7.31. The molecule has 0 atom stereocenters. The zero-order valence-electron chi connectivity index (χ0n) is 13.7. The van der Waals surface area contributed by atoms with Crippen molar-refractivity contribution in [3.05, 3.63) is 28.7 Å². The normalized spacial score (nSPS) is 12.1. The van der Waals surface area contributed by atoms with Crippen LogP contribution in [0.1, 0.15) is 56.9 Å². The van der Waals surface area contributed by atoms with Crippen molar-refractivity contribution in [2.45, 2.75) is 59.5 Å². The Balaban J connectivity index is 2.33. The second kappa shape index (κ2) is 6.20. The summed E-state index contributed by atoms with van der Waals surface area (Å²) in [5.41, 5.74) is 2.18. The summed E-state index contributed by atoms with van der Waals surface area (Å²) in [5, 5.41) is 4.53. The molecule has 0 unspecified atom stereocenters. The number of hydrogen-bond donors (Lipinski definition) is 1. The van der Waals surface area contributed by atoms with Gasteiger partial charge in [-0.1, -0.05) is 13.8 Å². The molecule has 21 heavy (non-hydrogen) atoms. The lowest BCUT2D eigenvalue weighted by molar-refractivity contribution is 0.425. The van der Waals surface area contributed by atoms with E-state index >= 15 is 0 Å². The summed E-state index contributed by atoms with van der Waals surface area (Å²) in [7, 11) is 0. The Labute approximate surface area is 131 Å². The Morgan fingerprint density at radius 1 is 1.24 bits per heavy atom. The van der Waals surface area contributed by atoms with Gasteiger partial charge in [-0.15, -0.1) is 11.3 Å². The van der Waals surface area contributed by atoms with Crippen molar-refractivity contribution in [2.24, 2.45) is 0 Å². The van der Waals surface area contributed by atoms with Crippen LogP contribution in [0.4, 0.5) is 0 Å². The van der Waals surface area contributed by atoms with Gasteiger partial charge >= 0.3 is 0 Å². The minimum absolute atomic E-state index is 0.101. The molecule has 2 rings (SSSR count). The molecule has 0 bridgehead atoms. The Hall–Kier alpha value is -1.33. The predicted molar refractivity (Wildman–Crippen MR) is 88.6 cm³/mol. The summed E-state index contributed by atoms with van der Waals surface area (Å²) in [4.78, 5) is 14.7. The molecule has 2 aromatic heterocycles. The van der Waals surface area contributed by atoms with Gasteiger partial charge in [-0.05, 0) is 39.7 Å². The monoisotopic (exact) mass is 304 g/mol. The van der Waals surface area contributed by atoms with Crippen LogP contribution >= 0.6 is 11.3 Å². The summed E-state index contributed by atoms with van der Waals surface area (Å²) in [6.07, 6.45) is 1.79. The van der Waals surface area contributed by atoms with Crippen molar-refractivity contribution in [1.29, 1.82) is 0 Å². The highest BCUT2D eigenvalue weighted by molar-refractivity contribution is 7.15. The van der Waals surface area contributed by atoms with Crippen LogP contribution in [0.5, 0.6) is 0 Å². The molecule has 0 saturated heterocycles. The van der Waals surface area contributed by atoms with E-state index in [0.29, 0.717) is 5.92 Å². The number of rotatable bonds is 4. The predicted octanol–water partition coefficient (Wildman–Crippen LogP) is 3.92. The van der Waals surface area contributed by atoms with Crippen molar-refractivity contribution in [3.63, 3.8) is 0 Å². The van der Waals surface area contributed by atoms with Crippen molar-refractivity contribution in [2.75, 3.05) is 0 Å². The molecule has 0 radical (unpaired) electrons. The Morgan fingerprint density at radius 2 is 1.95 bits per heavy atom. The first-order chi connectivity index (χ1) is 9.76. The third-order valence-electron chi connectivity index (χ3n) is 3.05. The molecule has 0 saturated carbocycles. The Kier molecular flexibility index (Phi) is 4.74. The third-order valence-corrected chi connectivity index (χ3v) is 4.14. The van der Waals surface area contributed by atoms with Crippen LogP contribution in [0.25, 0.3) is 10.7 Å². The molecule has 0 aliphatic rings. The average Bonchev–Trinajstić information content (AvgIpc) is 2.80. The van der Waals surface area contributed by atoms with E-state index in [1.807, 2.05) is 13.0 Å². The molecule has 4 nitrogen and oxygen atoms in total. The fourth-order valence-corrected chi connectivity index (χ4v) is 3.10. The maximum atomic E-state index is 4.81. The van der Waals surface area contributed by atoms with Gasteiger partial charge < -0.3 is 5.32 Å². The van der Waals surface area contributed by atoms with Crippen LogP contribution < -0.4 is 5.32 Å². The molecule has 5 heteroatoms. The van der Waals surface area contributed by atoms with Gasteiger partial charge in [0.15, 0.2) is 0 Å². The molecule has 2 heterocycles. The topological polar surface area (TPSA) is 50.7 Å². The number of nitrogens with one attached hydrogen (secondary N) is 1. The average molecular weight is 304 g/mol. The molecular weight excluding hydrogens is 280 g/mol. The van der Waals surface area contributed by atoms with Gasteiger partial charge in [0.2, 0.25) is 0 Å². The lowest BCUT2D eigenvalue weighted by Crippen LogP contribution is -2.35. The number of hydrogen-bond acceptors (Lipinski definition) is 5. The molecule has 0 aromatic carbocycles. The van der Waals surface area contributed by atoms with Gasteiger partial charge in [0, 0.05) is 23.2 Å². The van der Waals surface area contributed by atoms with E-state index in [1.54, 1.807) is 17.5 Å². The van der Waals surface area contributed by atoms with Crippen molar-refractivity contribution >= 4 is 11.3 Å². The highest BCUT2D eigenvalue weighted by Gasteiger charge is 2.18. The Bertz CT molecular complexity index is 611. The van der Waals surface area contributed by atoms with Gasteiger partial charge in [0.05, 0.1) is 5.69 Å². The van der Waals surface area contributed by atoms with Gasteiger partial charge in [-0.25, -0.2) is 15.0 Å². The molecule has 0 aliphatic heterocycles. The van der Waals surface area contributed by atoms with Gasteiger partial charge in [-0.3, -0.25) is 0 Å². The second-order valence-electron chi connectivity index (χ2n) is 6.57. The summed E-state index contributed by atoms with van der Waals surface area (Å²) >= 11 is 1.73. The summed E-state index contributed by atoms with van der Waals surface area (Å²) in [5.74, 6) is 1.19. The van der Waals surface area contributed by atoms with Crippen LogP contribution in [0.3, 0.4) is 0 Å². The van der Waals surface area contributed by atoms with Gasteiger partial charge in [0.1, 0.15) is 16.5 Å². The van der Waals surface area contributed by atoms with Gasteiger partial charge in [0.25, 0.3) is 0 Å². The molecular formula is C16H24N4S. The zero-order chi connectivity index (χ0) is 15.6. The fraction of sp³-hybridized carbons (Fsp3) is 0.562. The lowest BCUT2D eigenvalue weighted by Gasteiger charge is -2.20. The maximum absolute atomic E-state index is 4.81. The SMILES string of the molecule is Cc1nccc(-c2nc(C(C)C)c(CNC(C)(C)C)s2)n1. The first kappa shape index (κ1) is 16.0. The van der Waals surface area contributed by atoms with Crippen LogP contribution in [-0.4, -0.2) is 20.5 Å². The standard InChI is InChI=1S/C16H24N4S/c1-10(2)14-13(9-18-16(4,5)6)21-15(20-14)12-7-8-17-11(3)19-12/h7-8,10,18H,9H2,1-6H3. The van der Waals surface area contributed by atoms with E-state index in [0.717, 1.165) is 23.1 Å². The molecule has 1 N–H and O–H groups in total. The smallest absolute Gasteiger partial charge is 0.142 e. The third kappa shape index (κ3) is 4.32. The maximum Gasteiger partial charge on any atom is 0.142 e. The van der Waals surface area contributed by atoms with Crippen LogP contribution in [-0.2, 0) is 6.54 Å². The van der Waals surface area contributed by atoms with Crippen molar-refractivity contribution in [1.82, 2.24) is 20.3 Å². The molecule has 2 aromatic rings. The number of aryl methyl sites for hydroxylation is 1. The second-order valence-corrected chi connectivity index (χ2v) is 7.66. The molecule has 0 amide bonds. The van der Waals surface area contributed by atoms with Crippen LogP contribution in [0, 0.1) is 6.92 Å². The van der Waals surface area contributed by atoms with Crippen molar-refractivity contribution < 1.29 is 0 Å². The number of aromatic nitrogens is 3. The lowest BCUT2D eigenvalue weighted by atomic mass is 10.1. The summed E-state index contributed by atoms with van der Waals surface area (Å²) in [6.45, 7) is 13.7. The molecule has 0 spiro atoms.